The molecule has 5 heteroatoms. The van der Waals surface area contributed by atoms with Crippen molar-refractivity contribution >= 4 is 0 Å². The predicted molar refractivity (Wildman–Crippen MR) is 68.5 cm³/mol. The van der Waals surface area contributed by atoms with Gasteiger partial charge in [0, 0.05) is 6.54 Å². The average molecular weight is 239 g/mol. The highest BCUT2D eigenvalue weighted by atomic mass is 15.5. The summed E-state index contributed by atoms with van der Waals surface area (Å²) in [6.45, 7) is 14.9. The molecule has 17 heavy (non-hydrogen) atoms. The van der Waals surface area contributed by atoms with Gasteiger partial charge in [0.1, 0.15) is 0 Å². The van der Waals surface area contributed by atoms with Crippen molar-refractivity contribution in [1.82, 2.24) is 25.5 Å². The Kier molecular flexibility index (Phi) is 4.62. The fourth-order valence-electron chi connectivity index (χ4n) is 1.59. The zero-order valence-electron chi connectivity index (χ0n) is 11.9. The average Bonchev–Trinajstić information content (AvgIpc) is 2.59. The predicted octanol–water partition coefficient (Wildman–Crippen LogP) is 2.03. The number of rotatable bonds is 5. The number of aromatic nitrogens is 4. The molecule has 98 valence electrons. The zero-order chi connectivity index (χ0) is 13.1. The molecule has 0 saturated heterocycles. The Hall–Kier alpha value is -0.970. The van der Waals surface area contributed by atoms with Crippen molar-refractivity contribution in [2.75, 3.05) is 6.54 Å². The molecule has 0 aliphatic carbocycles. The Morgan fingerprint density at radius 3 is 2.41 bits per heavy atom. The van der Waals surface area contributed by atoms with Crippen LogP contribution in [0.25, 0.3) is 0 Å². The second-order valence-electron chi connectivity index (χ2n) is 6.28. The van der Waals surface area contributed by atoms with Gasteiger partial charge >= 0.3 is 0 Å². The lowest BCUT2D eigenvalue weighted by Crippen LogP contribution is -2.27. The summed E-state index contributed by atoms with van der Waals surface area (Å²) in [6, 6.07) is 0.190. The van der Waals surface area contributed by atoms with Crippen LogP contribution in [0.4, 0.5) is 0 Å². The summed E-state index contributed by atoms with van der Waals surface area (Å²) < 4.78 is 1.90. The zero-order valence-corrected chi connectivity index (χ0v) is 11.9. The highest BCUT2D eigenvalue weighted by molar-refractivity contribution is 4.90. The fraction of sp³-hybridized carbons (Fsp3) is 0.917. The number of nitrogens with zero attached hydrogens (tertiary/aromatic N) is 4. The van der Waals surface area contributed by atoms with Crippen LogP contribution in [0.2, 0.25) is 0 Å². The highest BCUT2D eigenvalue weighted by Crippen LogP contribution is 2.18. The minimum absolute atomic E-state index is 0.182. The van der Waals surface area contributed by atoms with Crippen LogP contribution in [0.15, 0.2) is 0 Å². The third kappa shape index (κ3) is 4.81. The first-order valence-electron chi connectivity index (χ1n) is 6.29. The van der Waals surface area contributed by atoms with E-state index in [1.807, 2.05) is 4.68 Å². The monoisotopic (exact) mass is 239 g/mol. The van der Waals surface area contributed by atoms with Crippen LogP contribution in [0.1, 0.15) is 53.4 Å². The van der Waals surface area contributed by atoms with Crippen LogP contribution in [0, 0.1) is 11.3 Å². The molecule has 1 atom stereocenters. The van der Waals surface area contributed by atoms with Gasteiger partial charge in [0.25, 0.3) is 0 Å². The van der Waals surface area contributed by atoms with Gasteiger partial charge in [-0.2, -0.15) is 0 Å². The van der Waals surface area contributed by atoms with Crippen LogP contribution in [0.5, 0.6) is 0 Å². The Morgan fingerprint density at radius 2 is 1.88 bits per heavy atom. The van der Waals surface area contributed by atoms with Crippen molar-refractivity contribution < 1.29 is 0 Å². The molecule has 1 aromatic heterocycles. The van der Waals surface area contributed by atoms with E-state index in [1.54, 1.807) is 0 Å². The van der Waals surface area contributed by atoms with E-state index in [2.05, 4.69) is 62.4 Å². The Labute approximate surface area is 104 Å². The first-order valence-corrected chi connectivity index (χ1v) is 6.29. The Morgan fingerprint density at radius 1 is 1.24 bits per heavy atom. The molecule has 1 rings (SSSR count). The highest BCUT2D eigenvalue weighted by Gasteiger charge is 2.19. The summed E-state index contributed by atoms with van der Waals surface area (Å²) in [7, 11) is 0. The van der Waals surface area contributed by atoms with E-state index >= 15 is 0 Å². The second-order valence-corrected chi connectivity index (χ2v) is 6.28. The minimum atomic E-state index is 0.182. The van der Waals surface area contributed by atoms with Crippen molar-refractivity contribution in [1.29, 1.82) is 0 Å². The Bertz CT molecular complexity index is 337. The van der Waals surface area contributed by atoms with E-state index in [4.69, 9.17) is 0 Å². The summed E-state index contributed by atoms with van der Waals surface area (Å²) in [6.07, 6.45) is 0. The van der Waals surface area contributed by atoms with Gasteiger partial charge < -0.3 is 5.32 Å². The van der Waals surface area contributed by atoms with Crippen molar-refractivity contribution in [3.8, 4) is 0 Å². The van der Waals surface area contributed by atoms with Crippen LogP contribution in [-0.4, -0.2) is 26.8 Å². The molecule has 0 bridgehead atoms. The molecule has 0 saturated carbocycles. The van der Waals surface area contributed by atoms with E-state index in [-0.39, 0.29) is 11.5 Å². The maximum absolute atomic E-state index is 4.12. The molecule has 1 N–H and O–H groups in total. The SMILES string of the molecule is CC(C)CNC(C)c1nnnn1CC(C)(C)C. The van der Waals surface area contributed by atoms with Crippen molar-refractivity contribution in [3.63, 3.8) is 0 Å². The van der Waals surface area contributed by atoms with E-state index in [1.165, 1.54) is 0 Å². The summed E-state index contributed by atoms with van der Waals surface area (Å²) in [5.41, 5.74) is 0.182. The smallest absolute Gasteiger partial charge is 0.167 e. The molecule has 0 fully saturated rings. The van der Waals surface area contributed by atoms with E-state index < -0.39 is 0 Å². The lowest BCUT2D eigenvalue weighted by molar-refractivity contribution is 0.308. The molecular weight excluding hydrogens is 214 g/mol. The summed E-state index contributed by atoms with van der Waals surface area (Å²) in [5.74, 6) is 1.55. The van der Waals surface area contributed by atoms with E-state index in [9.17, 15) is 0 Å². The van der Waals surface area contributed by atoms with Gasteiger partial charge in [0.15, 0.2) is 5.82 Å². The topological polar surface area (TPSA) is 55.6 Å². The molecule has 0 aliphatic heterocycles. The number of tetrazole rings is 1. The molecule has 1 unspecified atom stereocenters. The standard InChI is InChI=1S/C12H25N5/c1-9(2)7-13-10(3)11-14-15-16-17(11)8-12(4,5)6/h9-10,13H,7-8H2,1-6H3. The van der Waals surface area contributed by atoms with Gasteiger partial charge in [-0.05, 0) is 35.2 Å². The molecule has 1 aromatic rings. The largest absolute Gasteiger partial charge is 0.307 e. The van der Waals surface area contributed by atoms with Crippen molar-refractivity contribution in [2.45, 2.75) is 54.1 Å². The summed E-state index contributed by atoms with van der Waals surface area (Å²) in [4.78, 5) is 0. The van der Waals surface area contributed by atoms with Gasteiger partial charge in [0.2, 0.25) is 0 Å². The lowest BCUT2D eigenvalue weighted by Gasteiger charge is -2.20. The molecule has 0 amide bonds. The minimum Gasteiger partial charge on any atom is -0.307 e. The van der Waals surface area contributed by atoms with Crippen molar-refractivity contribution in [3.05, 3.63) is 5.82 Å². The van der Waals surface area contributed by atoms with E-state index in [0.717, 1.165) is 18.9 Å². The maximum Gasteiger partial charge on any atom is 0.167 e. The summed E-state index contributed by atoms with van der Waals surface area (Å²) >= 11 is 0. The maximum atomic E-state index is 4.12. The van der Waals surface area contributed by atoms with Gasteiger partial charge in [-0.3, -0.25) is 0 Å². The van der Waals surface area contributed by atoms with Crippen LogP contribution in [0.3, 0.4) is 0 Å². The molecule has 0 aliphatic rings. The second kappa shape index (κ2) is 5.58. The first-order chi connectivity index (χ1) is 7.79. The normalized spacial score (nSPS) is 14.3. The lowest BCUT2D eigenvalue weighted by atomic mass is 9.97. The first kappa shape index (κ1) is 14.1. The van der Waals surface area contributed by atoms with Gasteiger partial charge in [-0.15, -0.1) is 5.10 Å². The van der Waals surface area contributed by atoms with Crippen LogP contribution < -0.4 is 5.32 Å². The van der Waals surface area contributed by atoms with Gasteiger partial charge in [-0.25, -0.2) is 4.68 Å². The van der Waals surface area contributed by atoms with Crippen molar-refractivity contribution in [2.24, 2.45) is 11.3 Å². The van der Waals surface area contributed by atoms with E-state index in [0.29, 0.717) is 5.92 Å². The van der Waals surface area contributed by atoms with Crippen LogP contribution >= 0.6 is 0 Å². The van der Waals surface area contributed by atoms with Gasteiger partial charge in [0.05, 0.1) is 6.04 Å². The molecule has 1 heterocycles. The molecule has 5 nitrogen and oxygen atoms in total. The number of hydrogen-bond acceptors (Lipinski definition) is 4. The quantitative estimate of drug-likeness (QED) is 0.854. The molecule has 0 spiro atoms. The molecular formula is C12H25N5. The number of nitrogens with one attached hydrogen (secondary N) is 1. The third-order valence-corrected chi connectivity index (χ3v) is 2.40. The fourth-order valence-corrected chi connectivity index (χ4v) is 1.59. The van der Waals surface area contributed by atoms with Crippen LogP contribution in [-0.2, 0) is 6.54 Å². The molecule has 0 aromatic carbocycles. The Balaban J connectivity index is 2.67. The number of hydrogen-bond donors (Lipinski definition) is 1. The van der Waals surface area contributed by atoms with Gasteiger partial charge in [-0.1, -0.05) is 34.6 Å². The molecule has 0 radical (unpaired) electrons. The third-order valence-electron chi connectivity index (χ3n) is 2.40. The summed E-state index contributed by atoms with van der Waals surface area (Å²) in [5, 5.41) is 15.4.